The Morgan fingerprint density at radius 2 is 2.26 bits per heavy atom. The van der Waals surface area contributed by atoms with E-state index < -0.39 is 6.10 Å². The van der Waals surface area contributed by atoms with E-state index in [1.807, 2.05) is 19.0 Å². The van der Waals surface area contributed by atoms with Crippen LogP contribution in [0.3, 0.4) is 0 Å². The molecule has 2 N–H and O–H groups in total. The number of aliphatic hydroxyl groups excluding tert-OH is 1. The van der Waals surface area contributed by atoms with Crippen LogP contribution in [0.25, 0.3) is 0 Å². The van der Waals surface area contributed by atoms with E-state index in [-0.39, 0.29) is 12.3 Å². The number of ether oxygens (including phenoxy) is 1. The van der Waals surface area contributed by atoms with Crippen molar-refractivity contribution < 1.29 is 14.6 Å². The Kier molecular flexibility index (Phi) is 5.57. The average Bonchev–Trinajstić information content (AvgIpc) is 2.36. The second-order valence-corrected chi connectivity index (χ2v) is 4.54. The molecule has 1 heterocycles. The van der Waals surface area contributed by atoms with E-state index in [1.165, 1.54) is 7.11 Å². The van der Waals surface area contributed by atoms with Gasteiger partial charge in [0.2, 0.25) is 11.8 Å². The fraction of sp³-hybridized carbons (Fsp3) is 0.538. The third-order valence-electron chi connectivity index (χ3n) is 2.62. The molecule has 106 valence electrons. The zero-order valence-electron chi connectivity index (χ0n) is 11.8. The third-order valence-corrected chi connectivity index (χ3v) is 2.62. The largest absolute Gasteiger partial charge is 0.479 e. The lowest BCUT2D eigenvalue weighted by Crippen LogP contribution is -2.18. The molecular formula is C13H21N3O3. The molecule has 0 aliphatic rings. The fourth-order valence-corrected chi connectivity index (χ4v) is 1.62. The maximum absolute atomic E-state index is 11.8. The van der Waals surface area contributed by atoms with Crippen molar-refractivity contribution in [2.45, 2.75) is 25.9 Å². The van der Waals surface area contributed by atoms with Gasteiger partial charge >= 0.3 is 0 Å². The Labute approximate surface area is 113 Å². The third kappa shape index (κ3) is 4.40. The number of nitrogens with zero attached hydrogens (tertiary/aromatic N) is 2. The lowest BCUT2D eigenvalue weighted by atomic mass is 10.2. The molecule has 0 bridgehead atoms. The molecule has 6 heteroatoms. The second kappa shape index (κ2) is 6.94. The van der Waals surface area contributed by atoms with Crippen LogP contribution in [0, 0.1) is 0 Å². The number of carbonyl (C=O) groups is 1. The molecule has 0 aliphatic heterocycles. The Hall–Kier alpha value is -1.82. The highest BCUT2D eigenvalue weighted by Crippen LogP contribution is 2.32. The summed E-state index contributed by atoms with van der Waals surface area (Å²) in [7, 11) is 5.26. The first-order chi connectivity index (χ1) is 8.95. The number of rotatable bonds is 6. The molecule has 0 radical (unpaired) electrons. The zero-order valence-corrected chi connectivity index (χ0v) is 11.8. The predicted molar refractivity (Wildman–Crippen MR) is 74.7 cm³/mol. The first-order valence-corrected chi connectivity index (χ1v) is 6.14. The summed E-state index contributed by atoms with van der Waals surface area (Å²) < 4.78 is 5.16. The van der Waals surface area contributed by atoms with Crippen molar-refractivity contribution in [3.63, 3.8) is 0 Å². The minimum atomic E-state index is -0.491. The monoisotopic (exact) mass is 267 g/mol. The summed E-state index contributed by atoms with van der Waals surface area (Å²) >= 11 is 0. The number of hydrogen-bond donors (Lipinski definition) is 2. The van der Waals surface area contributed by atoms with Crippen LogP contribution in [0.1, 0.15) is 19.8 Å². The maximum Gasteiger partial charge on any atom is 0.239 e. The van der Waals surface area contributed by atoms with E-state index >= 15 is 0 Å². The highest BCUT2D eigenvalue weighted by atomic mass is 16.5. The number of aromatic nitrogens is 1. The molecule has 6 nitrogen and oxygen atoms in total. The van der Waals surface area contributed by atoms with Crippen molar-refractivity contribution in [2.24, 2.45) is 0 Å². The van der Waals surface area contributed by atoms with Crippen molar-refractivity contribution in [1.29, 1.82) is 0 Å². The highest BCUT2D eigenvalue weighted by molar-refractivity contribution is 5.96. The van der Waals surface area contributed by atoms with Gasteiger partial charge in [-0.2, -0.15) is 0 Å². The Morgan fingerprint density at radius 3 is 2.79 bits per heavy atom. The summed E-state index contributed by atoms with van der Waals surface area (Å²) in [5, 5.41) is 12.0. The van der Waals surface area contributed by atoms with E-state index in [0.29, 0.717) is 18.0 Å². The average molecular weight is 267 g/mol. The van der Waals surface area contributed by atoms with Gasteiger partial charge in [-0.05, 0) is 19.4 Å². The molecule has 0 aliphatic carbocycles. The van der Waals surface area contributed by atoms with E-state index in [9.17, 15) is 9.90 Å². The number of hydrogen-bond acceptors (Lipinski definition) is 5. The van der Waals surface area contributed by atoms with E-state index in [2.05, 4.69) is 10.3 Å². The first-order valence-electron chi connectivity index (χ1n) is 6.14. The van der Waals surface area contributed by atoms with Gasteiger partial charge < -0.3 is 20.1 Å². The van der Waals surface area contributed by atoms with Crippen molar-refractivity contribution >= 4 is 17.3 Å². The number of amides is 1. The predicted octanol–water partition coefficient (Wildman–Crippen LogP) is 1.26. The molecular weight excluding hydrogens is 246 g/mol. The van der Waals surface area contributed by atoms with Crippen molar-refractivity contribution in [3.05, 3.63) is 12.3 Å². The standard InChI is InChI=1S/C13H21N3O3/c1-9(17)5-6-11(18)15-12-10(16(2)3)7-8-14-13(12)19-4/h7-9,17H,5-6H2,1-4H3,(H,15,18). The molecule has 1 aromatic heterocycles. The molecule has 1 atom stereocenters. The summed E-state index contributed by atoms with van der Waals surface area (Å²) in [5.41, 5.74) is 1.36. The molecule has 1 amide bonds. The highest BCUT2D eigenvalue weighted by Gasteiger charge is 2.15. The summed E-state index contributed by atoms with van der Waals surface area (Å²) in [4.78, 5) is 17.8. The van der Waals surface area contributed by atoms with Gasteiger partial charge in [0, 0.05) is 26.7 Å². The summed E-state index contributed by atoms with van der Waals surface area (Å²) in [6.45, 7) is 1.66. The van der Waals surface area contributed by atoms with Crippen LogP contribution in [-0.4, -0.2) is 43.3 Å². The van der Waals surface area contributed by atoms with Gasteiger partial charge in [0.1, 0.15) is 5.69 Å². The van der Waals surface area contributed by atoms with Gasteiger partial charge in [0.15, 0.2) is 0 Å². The van der Waals surface area contributed by atoms with Gasteiger partial charge in [-0.25, -0.2) is 4.98 Å². The topological polar surface area (TPSA) is 74.7 Å². The second-order valence-electron chi connectivity index (χ2n) is 4.54. The van der Waals surface area contributed by atoms with Crippen LogP contribution in [0.4, 0.5) is 11.4 Å². The van der Waals surface area contributed by atoms with Gasteiger partial charge in [-0.3, -0.25) is 4.79 Å². The summed E-state index contributed by atoms with van der Waals surface area (Å²) in [6.07, 6.45) is 1.81. The van der Waals surface area contributed by atoms with E-state index in [4.69, 9.17) is 4.74 Å². The van der Waals surface area contributed by atoms with Gasteiger partial charge in [0.05, 0.1) is 18.9 Å². The number of nitrogens with one attached hydrogen (secondary N) is 1. The van der Waals surface area contributed by atoms with Crippen molar-refractivity contribution in [2.75, 3.05) is 31.4 Å². The van der Waals surface area contributed by atoms with Crippen molar-refractivity contribution in [1.82, 2.24) is 4.98 Å². The molecule has 0 aromatic carbocycles. The molecule has 1 rings (SSSR count). The van der Waals surface area contributed by atoms with Gasteiger partial charge in [-0.1, -0.05) is 0 Å². The normalized spacial score (nSPS) is 11.8. The quantitative estimate of drug-likeness (QED) is 0.811. The Balaban J connectivity index is 2.88. The molecule has 0 saturated carbocycles. The number of methoxy groups -OCH3 is 1. The Bertz CT molecular complexity index is 433. The zero-order chi connectivity index (χ0) is 14.4. The minimum Gasteiger partial charge on any atom is -0.479 e. The lowest BCUT2D eigenvalue weighted by molar-refractivity contribution is -0.116. The number of carbonyl (C=O) groups excluding carboxylic acids is 1. The van der Waals surface area contributed by atoms with E-state index in [0.717, 1.165) is 5.69 Å². The molecule has 0 saturated heterocycles. The van der Waals surface area contributed by atoms with Crippen LogP contribution in [0.5, 0.6) is 5.88 Å². The molecule has 19 heavy (non-hydrogen) atoms. The number of anilines is 2. The smallest absolute Gasteiger partial charge is 0.239 e. The number of pyridine rings is 1. The van der Waals surface area contributed by atoms with Crippen LogP contribution in [0.2, 0.25) is 0 Å². The summed E-state index contributed by atoms with van der Waals surface area (Å²) in [6, 6.07) is 1.80. The molecule has 1 aromatic rings. The maximum atomic E-state index is 11.8. The molecule has 0 spiro atoms. The van der Waals surface area contributed by atoms with Crippen molar-refractivity contribution in [3.8, 4) is 5.88 Å². The SMILES string of the molecule is COc1nccc(N(C)C)c1NC(=O)CCC(C)O. The van der Waals surface area contributed by atoms with Crippen LogP contribution < -0.4 is 15.0 Å². The molecule has 1 unspecified atom stereocenters. The number of aliphatic hydroxyl groups is 1. The first kappa shape index (κ1) is 15.2. The lowest BCUT2D eigenvalue weighted by Gasteiger charge is -2.19. The van der Waals surface area contributed by atoms with Gasteiger partial charge in [-0.15, -0.1) is 0 Å². The van der Waals surface area contributed by atoms with Crippen LogP contribution >= 0.6 is 0 Å². The minimum absolute atomic E-state index is 0.171. The fourth-order valence-electron chi connectivity index (χ4n) is 1.62. The molecule has 0 fully saturated rings. The van der Waals surface area contributed by atoms with Crippen LogP contribution in [-0.2, 0) is 4.79 Å². The van der Waals surface area contributed by atoms with E-state index in [1.54, 1.807) is 19.2 Å². The Morgan fingerprint density at radius 1 is 1.58 bits per heavy atom. The summed E-state index contributed by atoms with van der Waals surface area (Å²) in [5.74, 6) is 0.201. The van der Waals surface area contributed by atoms with Gasteiger partial charge in [0.25, 0.3) is 0 Å². The van der Waals surface area contributed by atoms with Crippen LogP contribution in [0.15, 0.2) is 12.3 Å².